The maximum absolute atomic E-state index is 5.07. The lowest BCUT2D eigenvalue weighted by molar-refractivity contribution is 0.944. The Bertz CT molecular complexity index is 393. The normalized spacial score (nSPS) is 9.38. The van der Waals surface area contributed by atoms with Gasteiger partial charge < -0.3 is 5.32 Å². The third-order valence-electron chi connectivity index (χ3n) is 1.70. The van der Waals surface area contributed by atoms with Crippen molar-refractivity contribution in [2.75, 3.05) is 12.0 Å². The van der Waals surface area contributed by atoms with Crippen LogP contribution in [-0.4, -0.2) is 11.7 Å². The number of hydrazine groups is 1. The molecular weight excluding hydrogens is 286 g/mol. The molecule has 0 aliphatic rings. The Labute approximate surface area is 109 Å². The van der Waals surface area contributed by atoms with Crippen molar-refractivity contribution in [1.29, 1.82) is 0 Å². The molecule has 0 amide bonds. The van der Waals surface area contributed by atoms with Gasteiger partial charge in [0.05, 0.1) is 5.69 Å². The Morgan fingerprint density at radius 1 is 1.50 bits per heavy atom. The van der Waals surface area contributed by atoms with Crippen molar-refractivity contribution in [3.8, 4) is 0 Å². The van der Waals surface area contributed by atoms with Crippen LogP contribution in [0.5, 0.6) is 0 Å². The largest absolute Gasteiger partial charge is 0.358 e. The van der Waals surface area contributed by atoms with E-state index in [1.54, 1.807) is 0 Å². The molecule has 0 fully saturated rings. The maximum Gasteiger partial charge on any atom is 0.185 e. The number of benzene rings is 1. The minimum absolute atomic E-state index is 0.544. The lowest BCUT2D eigenvalue weighted by atomic mass is 10.3. The van der Waals surface area contributed by atoms with Gasteiger partial charge in [-0.15, -0.1) is 0 Å². The Morgan fingerprint density at radius 2 is 2.25 bits per heavy atom. The highest BCUT2D eigenvalue weighted by molar-refractivity contribution is 9.10. The Morgan fingerprint density at radius 3 is 2.88 bits per heavy atom. The zero-order valence-corrected chi connectivity index (χ0v) is 11.4. The highest BCUT2D eigenvalue weighted by atomic mass is 79.9. The Kier molecular flexibility index (Phi) is 5.28. The summed E-state index contributed by atoms with van der Waals surface area (Å²) in [7, 11) is 0. The van der Waals surface area contributed by atoms with Crippen molar-refractivity contribution < 1.29 is 0 Å². The van der Waals surface area contributed by atoms with Gasteiger partial charge in [-0.05, 0) is 37.3 Å². The van der Waals surface area contributed by atoms with Gasteiger partial charge in [-0.3, -0.25) is 10.9 Å². The van der Waals surface area contributed by atoms with Gasteiger partial charge in [0.25, 0.3) is 0 Å². The fourth-order valence-electron chi connectivity index (χ4n) is 0.971. The standard InChI is InChI=1S/C11H14BrN3S/c1-8(2)7-13-11(16)15-14-10-5-3-4-9(12)6-10/h3-6,14H,1,7H2,2H3,(H2,13,15,16). The van der Waals surface area contributed by atoms with Gasteiger partial charge in [-0.25, -0.2) is 0 Å². The van der Waals surface area contributed by atoms with Crippen molar-refractivity contribution in [3.63, 3.8) is 0 Å². The maximum atomic E-state index is 5.07. The molecule has 1 aromatic carbocycles. The number of rotatable bonds is 4. The van der Waals surface area contributed by atoms with Gasteiger partial charge in [0.15, 0.2) is 5.11 Å². The first kappa shape index (κ1) is 13.0. The minimum Gasteiger partial charge on any atom is -0.358 e. The molecule has 0 aromatic heterocycles. The zero-order chi connectivity index (χ0) is 12.0. The molecule has 0 radical (unpaired) electrons. The van der Waals surface area contributed by atoms with E-state index in [9.17, 15) is 0 Å². The molecule has 0 saturated carbocycles. The first-order chi connectivity index (χ1) is 7.58. The van der Waals surface area contributed by atoms with Crippen LogP contribution >= 0.6 is 28.1 Å². The van der Waals surface area contributed by atoms with Crippen molar-refractivity contribution in [2.24, 2.45) is 0 Å². The van der Waals surface area contributed by atoms with Gasteiger partial charge in [0.1, 0.15) is 0 Å². The molecular formula is C11H14BrN3S. The summed E-state index contributed by atoms with van der Waals surface area (Å²) in [5, 5.41) is 3.56. The van der Waals surface area contributed by atoms with Crippen LogP contribution in [0.2, 0.25) is 0 Å². The summed E-state index contributed by atoms with van der Waals surface area (Å²) in [6, 6.07) is 7.80. The van der Waals surface area contributed by atoms with Crippen molar-refractivity contribution in [1.82, 2.24) is 10.7 Å². The van der Waals surface area contributed by atoms with Crippen molar-refractivity contribution in [2.45, 2.75) is 6.92 Å². The van der Waals surface area contributed by atoms with E-state index >= 15 is 0 Å². The second-order valence-electron chi connectivity index (χ2n) is 3.40. The average Bonchev–Trinajstić information content (AvgIpc) is 2.23. The van der Waals surface area contributed by atoms with Crippen LogP contribution in [0.15, 0.2) is 40.9 Å². The highest BCUT2D eigenvalue weighted by Gasteiger charge is 1.95. The second-order valence-corrected chi connectivity index (χ2v) is 4.72. The molecule has 1 aromatic rings. The molecule has 1 rings (SSSR count). The average molecular weight is 300 g/mol. The third-order valence-corrected chi connectivity index (χ3v) is 2.44. The molecule has 86 valence electrons. The zero-order valence-electron chi connectivity index (χ0n) is 9.01. The molecule has 3 N–H and O–H groups in total. The van der Waals surface area contributed by atoms with Crippen LogP contribution in [0.3, 0.4) is 0 Å². The Balaban J connectivity index is 2.34. The predicted octanol–water partition coefficient (Wildman–Crippen LogP) is 2.82. The van der Waals surface area contributed by atoms with E-state index in [1.807, 2.05) is 31.2 Å². The summed E-state index contributed by atoms with van der Waals surface area (Å²) in [6.45, 7) is 6.39. The molecule has 16 heavy (non-hydrogen) atoms. The van der Waals surface area contributed by atoms with E-state index in [-0.39, 0.29) is 0 Å². The topological polar surface area (TPSA) is 36.1 Å². The van der Waals surface area contributed by atoms with Crippen LogP contribution in [-0.2, 0) is 0 Å². The number of thiocarbonyl (C=S) groups is 1. The summed E-state index contributed by atoms with van der Waals surface area (Å²) in [6.07, 6.45) is 0. The third kappa shape index (κ3) is 5.14. The van der Waals surface area contributed by atoms with Crippen molar-refractivity contribution in [3.05, 3.63) is 40.9 Å². The lowest BCUT2D eigenvalue weighted by Gasteiger charge is -2.12. The van der Waals surface area contributed by atoms with Gasteiger partial charge >= 0.3 is 0 Å². The smallest absolute Gasteiger partial charge is 0.185 e. The summed E-state index contributed by atoms with van der Waals surface area (Å²) in [5.74, 6) is 0. The monoisotopic (exact) mass is 299 g/mol. The van der Waals surface area contributed by atoms with E-state index in [2.05, 4.69) is 38.7 Å². The molecule has 5 heteroatoms. The van der Waals surface area contributed by atoms with Gasteiger partial charge in [0.2, 0.25) is 0 Å². The summed E-state index contributed by atoms with van der Waals surface area (Å²) >= 11 is 8.46. The number of hydrogen-bond donors (Lipinski definition) is 3. The van der Waals surface area contributed by atoms with Crippen LogP contribution < -0.4 is 16.2 Å². The van der Waals surface area contributed by atoms with Gasteiger partial charge in [0, 0.05) is 11.0 Å². The first-order valence-electron chi connectivity index (χ1n) is 4.78. The molecule has 0 unspecified atom stereocenters. The lowest BCUT2D eigenvalue weighted by Crippen LogP contribution is -2.39. The number of anilines is 1. The number of halogens is 1. The van der Waals surface area contributed by atoms with Gasteiger partial charge in [-0.2, -0.15) is 0 Å². The molecule has 0 heterocycles. The van der Waals surface area contributed by atoms with Crippen LogP contribution in [0.1, 0.15) is 6.92 Å². The number of hydrogen-bond acceptors (Lipinski definition) is 2. The van der Waals surface area contributed by atoms with E-state index in [0.717, 1.165) is 15.7 Å². The molecule has 0 saturated heterocycles. The molecule has 0 aliphatic carbocycles. The highest BCUT2D eigenvalue weighted by Crippen LogP contribution is 2.14. The van der Waals surface area contributed by atoms with Crippen LogP contribution in [0, 0.1) is 0 Å². The fourth-order valence-corrected chi connectivity index (χ4v) is 1.49. The quantitative estimate of drug-likeness (QED) is 0.454. The SMILES string of the molecule is C=C(C)CNC(=S)NNc1cccc(Br)c1. The van der Waals surface area contributed by atoms with Crippen LogP contribution in [0.4, 0.5) is 5.69 Å². The van der Waals surface area contributed by atoms with Gasteiger partial charge in [-0.1, -0.05) is 34.1 Å². The summed E-state index contributed by atoms with van der Waals surface area (Å²) in [5.41, 5.74) is 7.86. The molecule has 0 atom stereocenters. The number of nitrogens with one attached hydrogen (secondary N) is 3. The minimum atomic E-state index is 0.544. The predicted molar refractivity (Wildman–Crippen MR) is 76.3 cm³/mol. The molecule has 3 nitrogen and oxygen atoms in total. The van der Waals surface area contributed by atoms with E-state index in [4.69, 9.17) is 12.2 Å². The molecule has 0 bridgehead atoms. The summed E-state index contributed by atoms with van der Waals surface area (Å²) < 4.78 is 1.01. The van der Waals surface area contributed by atoms with E-state index in [0.29, 0.717) is 11.7 Å². The van der Waals surface area contributed by atoms with E-state index in [1.165, 1.54) is 0 Å². The second kappa shape index (κ2) is 6.50. The summed E-state index contributed by atoms with van der Waals surface area (Å²) in [4.78, 5) is 0. The fraction of sp³-hybridized carbons (Fsp3) is 0.182. The first-order valence-corrected chi connectivity index (χ1v) is 5.98. The van der Waals surface area contributed by atoms with E-state index < -0.39 is 0 Å². The molecule has 0 spiro atoms. The molecule has 0 aliphatic heterocycles. The van der Waals surface area contributed by atoms with Crippen molar-refractivity contribution >= 4 is 38.9 Å². The Hall–Kier alpha value is -1.07. The van der Waals surface area contributed by atoms with Crippen LogP contribution in [0.25, 0.3) is 0 Å².